The topological polar surface area (TPSA) is 120 Å². The van der Waals surface area contributed by atoms with Gasteiger partial charge in [-0.15, -0.1) is 0 Å². The van der Waals surface area contributed by atoms with E-state index >= 15 is 0 Å². The number of aliphatic hydroxyl groups excluding tert-OH is 2. The molecule has 6 aromatic rings. The molecule has 2 N–H and O–H groups in total. The van der Waals surface area contributed by atoms with E-state index in [1.165, 1.54) is 4.68 Å². The van der Waals surface area contributed by atoms with Gasteiger partial charge in [0, 0.05) is 30.4 Å². The lowest BCUT2D eigenvalue weighted by atomic mass is 9.90. The molecule has 0 spiro atoms. The highest BCUT2D eigenvalue weighted by atomic mass is 16.5. The highest BCUT2D eigenvalue weighted by Gasteiger charge is 2.19. The Labute approximate surface area is 241 Å². The molecule has 0 atom stereocenters. The molecule has 9 nitrogen and oxygen atoms in total. The van der Waals surface area contributed by atoms with Crippen molar-refractivity contribution >= 4 is 21.5 Å². The van der Waals surface area contributed by atoms with Gasteiger partial charge in [-0.2, -0.15) is 9.78 Å². The van der Waals surface area contributed by atoms with Crippen molar-refractivity contribution in [1.29, 1.82) is 0 Å². The summed E-state index contributed by atoms with van der Waals surface area (Å²) in [7, 11) is 3.12. The predicted octanol–water partition coefficient (Wildman–Crippen LogP) is 4.59. The van der Waals surface area contributed by atoms with Crippen LogP contribution >= 0.6 is 0 Å². The molecule has 3 aromatic heterocycles. The van der Waals surface area contributed by atoms with Crippen molar-refractivity contribution in [3.63, 3.8) is 0 Å². The van der Waals surface area contributed by atoms with E-state index in [0.29, 0.717) is 57.1 Å². The summed E-state index contributed by atoms with van der Waals surface area (Å²) in [5.41, 5.74) is 3.89. The van der Waals surface area contributed by atoms with Crippen LogP contribution in [0.3, 0.4) is 0 Å². The Morgan fingerprint density at radius 1 is 0.833 bits per heavy atom. The third kappa shape index (κ3) is 4.74. The van der Waals surface area contributed by atoms with Gasteiger partial charge in [0.2, 0.25) is 0 Å². The SMILES string of the molecule is COc1cc2cc(CO)c(CO)c(-c3ccnc(-n4nc(Cc5cccnc5)c5ccccc5c4=O)c3)c2cc1OC. The van der Waals surface area contributed by atoms with Gasteiger partial charge in [0.05, 0.1) is 38.5 Å². The van der Waals surface area contributed by atoms with Gasteiger partial charge >= 0.3 is 0 Å². The van der Waals surface area contributed by atoms with Crippen molar-refractivity contribution in [2.45, 2.75) is 19.6 Å². The molecule has 0 saturated carbocycles. The first-order chi connectivity index (χ1) is 20.6. The van der Waals surface area contributed by atoms with Crippen LogP contribution in [0.25, 0.3) is 38.5 Å². The fourth-order valence-corrected chi connectivity index (χ4v) is 5.41. The summed E-state index contributed by atoms with van der Waals surface area (Å²) in [5, 5.41) is 28.3. The highest BCUT2D eigenvalue weighted by Crippen LogP contribution is 2.40. The number of benzene rings is 3. The van der Waals surface area contributed by atoms with E-state index in [1.54, 1.807) is 51.0 Å². The zero-order valence-electron chi connectivity index (χ0n) is 23.1. The second-order valence-corrected chi connectivity index (χ2v) is 9.78. The Morgan fingerprint density at radius 2 is 1.62 bits per heavy atom. The van der Waals surface area contributed by atoms with Gasteiger partial charge in [-0.3, -0.25) is 9.78 Å². The van der Waals surface area contributed by atoms with Crippen molar-refractivity contribution in [3.05, 3.63) is 118 Å². The van der Waals surface area contributed by atoms with Crippen LogP contribution in [0.1, 0.15) is 22.4 Å². The molecule has 0 aliphatic rings. The highest BCUT2D eigenvalue weighted by molar-refractivity contribution is 6.01. The lowest BCUT2D eigenvalue weighted by Crippen LogP contribution is -2.24. The van der Waals surface area contributed by atoms with E-state index in [4.69, 9.17) is 14.6 Å². The minimum atomic E-state index is -0.309. The lowest BCUT2D eigenvalue weighted by Gasteiger charge is -2.18. The summed E-state index contributed by atoms with van der Waals surface area (Å²) in [4.78, 5) is 22.5. The van der Waals surface area contributed by atoms with Gasteiger partial charge in [-0.25, -0.2) is 4.98 Å². The minimum Gasteiger partial charge on any atom is -0.493 e. The monoisotopic (exact) mass is 560 g/mol. The number of pyridine rings is 2. The van der Waals surface area contributed by atoms with Gasteiger partial charge in [0.1, 0.15) is 0 Å². The molecule has 0 aliphatic heterocycles. The van der Waals surface area contributed by atoms with E-state index in [2.05, 4.69) is 9.97 Å². The van der Waals surface area contributed by atoms with Crippen LogP contribution in [0.4, 0.5) is 0 Å². The molecule has 0 aliphatic carbocycles. The Hall–Kier alpha value is -5.12. The average Bonchev–Trinajstić information content (AvgIpc) is 3.04. The fourth-order valence-electron chi connectivity index (χ4n) is 5.41. The predicted molar refractivity (Wildman–Crippen MR) is 160 cm³/mol. The first-order valence-corrected chi connectivity index (χ1v) is 13.3. The molecule has 0 amide bonds. The smallest absolute Gasteiger partial charge is 0.280 e. The zero-order chi connectivity index (χ0) is 29.2. The molecule has 0 saturated heterocycles. The van der Waals surface area contributed by atoms with Gasteiger partial charge < -0.3 is 19.7 Å². The first-order valence-electron chi connectivity index (χ1n) is 13.3. The summed E-state index contributed by atoms with van der Waals surface area (Å²) < 4.78 is 12.4. The second kappa shape index (κ2) is 11.4. The van der Waals surface area contributed by atoms with Gasteiger partial charge in [0.15, 0.2) is 17.3 Å². The van der Waals surface area contributed by atoms with Crippen LogP contribution < -0.4 is 15.0 Å². The lowest BCUT2D eigenvalue weighted by molar-refractivity contribution is 0.260. The normalized spacial score (nSPS) is 11.2. The van der Waals surface area contributed by atoms with Gasteiger partial charge in [0.25, 0.3) is 5.56 Å². The van der Waals surface area contributed by atoms with Gasteiger partial charge in [-0.05, 0) is 81.1 Å². The summed E-state index contributed by atoms with van der Waals surface area (Å²) in [6, 6.07) is 20.3. The maximum Gasteiger partial charge on any atom is 0.280 e. The first kappa shape index (κ1) is 27.1. The quantitative estimate of drug-likeness (QED) is 0.278. The zero-order valence-corrected chi connectivity index (χ0v) is 23.1. The molecule has 3 heterocycles. The van der Waals surface area contributed by atoms with Crippen LogP contribution in [0, 0.1) is 0 Å². The maximum absolute atomic E-state index is 13.7. The summed E-state index contributed by atoms with van der Waals surface area (Å²) in [5.74, 6) is 1.39. The number of ether oxygens (including phenoxy) is 2. The minimum absolute atomic E-state index is 0.269. The van der Waals surface area contributed by atoms with Crippen LogP contribution in [0.5, 0.6) is 11.5 Å². The number of fused-ring (bicyclic) bond motifs is 2. The number of nitrogens with zero attached hydrogens (tertiary/aromatic N) is 4. The van der Waals surface area contributed by atoms with Crippen molar-refractivity contribution in [2.75, 3.05) is 14.2 Å². The molecule has 9 heteroatoms. The Kier molecular flexibility index (Phi) is 7.35. The number of methoxy groups -OCH3 is 2. The van der Waals surface area contributed by atoms with E-state index in [-0.39, 0.29) is 18.8 Å². The van der Waals surface area contributed by atoms with Crippen molar-refractivity contribution in [3.8, 4) is 28.4 Å². The molecular weight excluding hydrogens is 532 g/mol. The average molecular weight is 561 g/mol. The number of hydrogen-bond acceptors (Lipinski definition) is 8. The molecule has 0 radical (unpaired) electrons. The Bertz CT molecular complexity index is 1980. The van der Waals surface area contributed by atoms with Crippen molar-refractivity contribution < 1.29 is 19.7 Å². The molecule has 6 rings (SSSR count). The molecule has 0 bridgehead atoms. The van der Waals surface area contributed by atoms with Crippen LogP contribution in [-0.2, 0) is 19.6 Å². The molecule has 42 heavy (non-hydrogen) atoms. The molecule has 210 valence electrons. The maximum atomic E-state index is 13.7. The summed E-state index contributed by atoms with van der Waals surface area (Å²) in [6.45, 7) is -0.578. The van der Waals surface area contributed by atoms with Crippen molar-refractivity contribution in [2.24, 2.45) is 0 Å². The van der Waals surface area contributed by atoms with E-state index in [1.807, 2.05) is 48.5 Å². The number of hydrogen-bond donors (Lipinski definition) is 2. The third-order valence-electron chi connectivity index (χ3n) is 7.40. The van der Waals surface area contributed by atoms with Crippen LogP contribution in [0.15, 0.2) is 90.1 Å². The van der Waals surface area contributed by atoms with Crippen LogP contribution in [-0.4, -0.2) is 44.2 Å². The fraction of sp³-hybridized carbons (Fsp3) is 0.152. The Balaban J connectivity index is 1.59. The van der Waals surface area contributed by atoms with Crippen LogP contribution in [0.2, 0.25) is 0 Å². The second-order valence-electron chi connectivity index (χ2n) is 9.78. The standard InChI is InChI=1S/C33H28N4O5/c1-41-29-14-22-13-23(18-38)27(19-39)32(26(22)16-30(29)42-2)21-9-11-35-31(15-21)37-33(40)25-8-4-3-7-24(25)28(36-37)12-20-6-5-10-34-17-20/h3-11,13-17,38-39H,12,18-19H2,1-2H3. The largest absolute Gasteiger partial charge is 0.493 e. The van der Waals surface area contributed by atoms with Gasteiger partial charge in [-0.1, -0.05) is 24.3 Å². The van der Waals surface area contributed by atoms with E-state index in [0.717, 1.165) is 21.7 Å². The molecule has 0 unspecified atom stereocenters. The van der Waals surface area contributed by atoms with E-state index < -0.39 is 0 Å². The van der Waals surface area contributed by atoms with Crippen molar-refractivity contribution in [1.82, 2.24) is 19.7 Å². The number of aromatic nitrogens is 4. The molecular formula is C33H28N4O5. The number of aliphatic hydroxyl groups is 2. The third-order valence-corrected chi connectivity index (χ3v) is 7.40. The summed E-state index contributed by atoms with van der Waals surface area (Å²) >= 11 is 0. The Morgan fingerprint density at radius 3 is 2.33 bits per heavy atom. The molecule has 3 aromatic carbocycles. The number of rotatable bonds is 8. The molecule has 0 fully saturated rings. The van der Waals surface area contributed by atoms with E-state index in [9.17, 15) is 15.0 Å². The summed E-state index contributed by atoms with van der Waals surface area (Å²) in [6.07, 6.45) is 5.58.